The zero-order chi connectivity index (χ0) is 14.2. The van der Waals surface area contributed by atoms with Crippen LogP contribution in [-0.2, 0) is 0 Å². The molecular weight excluding hydrogens is 334 g/mol. The van der Waals surface area contributed by atoms with Gasteiger partial charge in [0.25, 0.3) is 0 Å². The van der Waals surface area contributed by atoms with Crippen LogP contribution < -0.4 is 0 Å². The van der Waals surface area contributed by atoms with Crippen molar-refractivity contribution in [1.29, 1.82) is 0 Å². The van der Waals surface area contributed by atoms with Crippen molar-refractivity contribution in [2.75, 3.05) is 0 Å². The van der Waals surface area contributed by atoms with Crippen LogP contribution in [0.5, 0.6) is 0 Å². The van der Waals surface area contributed by atoms with Crippen LogP contribution in [0.2, 0.25) is 5.02 Å². The third-order valence-electron chi connectivity index (χ3n) is 2.64. The molecule has 2 aromatic rings. The molecule has 4 nitrogen and oxygen atoms in total. The van der Waals surface area contributed by atoms with E-state index in [1.54, 1.807) is 18.2 Å². The molecule has 1 aromatic carbocycles. The SMILES string of the molecule is CC(C)c1onc(-c2ccc(Cl)cc2Br)c1C(=O)O. The van der Waals surface area contributed by atoms with Crippen LogP contribution in [0, 0.1) is 0 Å². The van der Waals surface area contributed by atoms with Gasteiger partial charge in [-0.25, -0.2) is 4.79 Å². The summed E-state index contributed by atoms with van der Waals surface area (Å²) in [4.78, 5) is 11.4. The van der Waals surface area contributed by atoms with Gasteiger partial charge in [0, 0.05) is 21.0 Å². The lowest BCUT2D eigenvalue weighted by molar-refractivity contribution is 0.0694. The lowest BCUT2D eigenvalue weighted by Crippen LogP contribution is -2.02. The van der Waals surface area contributed by atoms with Gasteiger partial charge >= 0.3 is 5.97 Å². The van der Waals surface area contributed by atoms with E-state index in [0.717, 1.165) is 0 Å². The lowest BCUT2D eigenvalue weighted by atomic mass is 10.0. The van der Waals surface area contributed by atoms with Crippen LogP contribution in [0.15, 0.2) is 27.2 Å². The third-order valence-corrected chi connectivity index (χ3v) is 3.53. The van der Waals surface area contributed by atoms with Crippen molar-refractivity contribution in [3.63, 3.8) is 0 Å². The predicted molar refractivity (Wildman–Crippen MR) is 75.7 cm³/mol. The van der Waals surface area contributed by atoms with E-state index in [1.165, 1.54) is 0 Å². The second-order valence-electron chi connectivity index (χ2n) is 4.35. The van der Waals surface area contributed by atoms with E-state index < -0.39 is 5.97 Å². The summed E-state index contributed by atoms with van der Waals surface area (Å²) in [5.74, 6) is -0.746. The first-order valence-electron chi connectivity index (χ1n) is 5.60. The largest absolute Gasteiger partial charge is 0.477 e. The first-order valence-corrected chi connectivity index (χ1v) is 6.77. The van der Waals surface area contributed by atoms with Gasteiger partial charge in [0.1, 0.15) is 11.3 Å². The van der Waals surface area contributed by atoms with E-state index in [2.05, 4.69) is 21.1 Å². The van der Waals surface area contributed by atoms with Gasteiger partial charge in [0.15, 0.2) is 5.76 Å². The average Bonchev–Trinajstić information content (AvgIpc) is 2.73. The summed E-state index contributed by atoms with van der Waals surface area (Å²) in [6.07, 6.45) is 0. The zero-order valence-electron chi connectivity index (χ0n) is 10.3. The highest BCUT2D eigenvalue weighted by molar-refractivity contribution is 9.10. The van der Waals surface area contributed by atoms with Gasteiger partial charge < -0.3 is 9.63 Å². The van der Waals surface area contributed by atoms with Gasteiger partial charge in [0.2, 0.25) is 0 Å². The summed E-state index contributed by atoms with van der Waals surface area (Å²) >= 11 is 9.23. The van der Waals surface area contributed by atoms with Crippen LogP contribution in [-0.4, -0.2) is 16.2 Å². The van der Waals surface area contributed by atoms with Crippen LogP contribution in [0.4, 0.5) is 0 Å². The van der Waals surface area contributed by atoms with Gasteiger partial charge in [-0.3, -0.25) is 0 Å². The molecule has 1 N–H and O–H groups in total. The highest BCUT2D eigenvalue weighted by atomic mass is 79.9. The molecule has 19 heavy (non-hydrogen) atoms. The Morgan fingerprint density at radius 3 is 2.68 bits per heavy atom. The summed E-state index contributed by atoms with van der Waals surface area (Å²) in [5.41, 5.74) is 1.04. The quantitative estimate of drug-likeness (QED) is 0.885. The average molecular weight is 345 g/mol. The number of rotatable bonds is 3. The number of benzene rings is 1. The number of hydrogen-bond acceptors (Lipinski definition) is 3. The molecule has 6 heteroatoms. The zero-order valence-corrected chi connectivity index (χ0v) is 12.6. The van der Waals surface area contributed by atoms with E-state index >= 15 is 0 Å². The topological polar surface area (TPSA) is 63.3 Å². The maximum Gasteiger partial charge on any atom is 0.341 e. The van der Waals surface area contributed by atoms with Crippen molar-refractivity contribution < 1.29 is 14.4 Å². The minimum absolute atomic E-state index is 0.0570. The number of nitrogens with zero attached hydrogens (tertiary/aromatic N) is 1. The molecule has 0 saturated heterocycles. The Bertz CT molecular complexity index is 637. The van der Waals surface area contributed by atoms with Gasteiger partial charge in [-0.1, -0.05) is 52.6 Å². The summed E-state index contributed by atoms with van der Waals surface area (Å²) in [5, 5.41) is 13.8. The van der Waals surface area contributed by atoms with Crippen LogP contribution in [0.3, 0.4) is 0 Å². The number of aromatic carboxylic acids is 1. The van der Waals surface area contributed by atoms with Crippen LogP contribution in [0.25, 0.3) is 11.3 Å². The maximum atomic E-state index is 11.4. The van der Waals surface area contributed by atoms with Crippen LogP contribution in [0.1, 0.15) is 35.9 Å². The Kier molecular flexibility index (Phi) is 3.96. The molecule has 1 heterocycles. The van der Waals surface area contributed by atoms with E-state index in [1.807, 2.05) is 13.8 Å². The number of hydrogen-bond donors (Lipinski definition) is 1. The minimum atomic E-state index is -1.05. The molecule has 0 bridgehead atoms. The van der Waals surface area contributed by atoms with Gasteiger partial charge in [-0.15, -0.1) is 0 Å². The van der Waals surface area contributed by atoms with Crippen molar-refractivity contribution in [1.82, 2.24) is 5.16 Å². The Morgan fingerprint density at radius 1 is 1.47 bits per heavy atom. The van der Waals surface area contributed by atoms with E-state index in [9.17, 15) is 9.90 Å². The number of halogens is 2. The molecule has 0 spiro atoms. The lowest BCUT2D eigenvalue weighted by Gasteiger charge is -2.04. The Hall–Kier alpha value is -1.33. The highest BCUT2D eigenvalue weighted by Gasteiger charge is 2.26. The fraction of sp³-hybridized carbons (Fsp3) is 0.231. The third kappa shape index (κ3) is 2.67. The maximum absolute atomic E-state index is 11.4. The van der Waals surface area contributed by atoms with E-state index in [4.69, 9.17) is 16.1 Å². The van der Waals surface area contributed by atoms with Crippen molar-refractivity contribution in [2.24, 2.45) is 0 Å². The fourth-order valence-electron chi connectivity index (χ4n) is 1.77. The van der Waals surface area contributed by atoms with Crippen molar-refractivity contribution in [3.05, 3.63) is 39.0 Å². The smallest absolute Gasteiger partial charge is 0.341 e. The molecule has 2 rings (SSSR count). The van der Waals surface area contributed by atoms with Crippen LogP contribution >= 0.6 is 27.5 Å². The molecule has 0 amide bonds. The number of carboxylic acids is 1. The standard InChI is InChI=1S/C13H11BrClNO3/c1-6(2)12-10(13(17)18)11(16-19-12)8-4-3-7(15)5-9(8)14/h3-6H,1-2H3,(H,17,18). The summed E-state index contributed by atoms with van der Waals surface area (Å²) < 4.78 is 5.85. The molecule has 0 fully saturated rings. The predicted octanol–water partition coefficient (Wildman–Crippen LogP) is 4.58. The number of carboxylic acid groups (broad SMARTS) is 1. The summed E-state index contributed by atoms with van der Waals surface area (Å²) in [6, 6.07) is 5.07. The van der Waals surface area contributed by atoms with Crippen molar-refractivity contribution in [2.45, 2.75) is 19.8 Å². The number of aromatic nitrogens is 1. The Balaban J connectivity index is 2.66. The highest BCUT2D eigenvalue weighted by Crippen LogP contribution is 2.35. The van der Waals surface area contributed by atoms with Gasteiger partial charge in [-0.2, -0.15) is 0 Å². The van der Waals surface area contributed by atoms with Crippen molar-refractivity contribution in [3.8, 4) is 11.3 Å². The molecule has 0 aliphatic carbocycles. The summed E-state index contributed by atoms with van der Waals surface area (Å²) in [6.45, 7) is 3.71. The summed E-state index contributed by atoms with van der Waals surface area (Å²) in [7, 11) is 0. The Morgan fingerprint density at radius 2 is 2.16 bits per heavy atom. The van der Waals surface area contributed by atoms with Gasteiger partial charge in [-0.05, 0) is 12.1 Å². The van der Waals surface area contributed by atoms with Gasteiger partial charge in [0.05, 0.1) is 0 Å². The van der Waals surface area contributed by atoms with E-state index in [0.29, 0.717) is 26.5 Å². The van der Waals surface area contributed by atoms with E-state index in [-0.39, 0.29) is 11.5 Å². The first kappa shape index (κ1) is 14.1. The van der Waals surface area contributed by atoms with Crippen molar-refractivity contribution >= 4 is 33.5 Å². The second-order valence-corrected chi connectivity index (χ2v) is 5.65. The second kappa shape index (κ2) is 5.35. The molecule has 0 unspecified atom stereocenters. The molecule has 0 saturated carbocycles. The molecule has 0 aliphatic rings. The monoisotopic (exact) mass is 343 g/mol. The molecule has 0 atom stereocenters. The minimum Gasteiger partial charge on any atom is -0.477 e. The Labute approximate surface area is 123 Å². The molecular formula is C13H11BrClNO3. The molecule has 0 aliphatic heterocycles. The number of carbonyl (C=O) groups is 1. The molecule has 0 radical (unpaired) electrons. The first-order chi connectivity index (χ1) is 8.91. The normalized spacial score (nSPS) is 11.0. The fourth-order valence-corrected chi connectivity index (χ4v) is 2.64. The molecule has 100 valence electrons. The molecule has 1 aromatic heterocycles.